The van der Waals surface area contributed by atoms with Crippen LogP contribution in [0.5, 0.6) is 0 Å². The Bertz CT molecular complexity index is 173. The minimum atomic E-state index is -0.243. The molecule has 15 heavy (non-hydrogen) atoms. The molecule has 0 aliphatic heterocycles. The van der Waals surface area contributed by atoms with Gasteiger partial charge in [-0.05, 0) is 33.2 Å². The topological polar surface area (TPSA) is 58.6 Å². The van der Waals surface area contributed by atoms with E-state index in [-0.39, 0.29) is 18.1 Å². The van der Waals surface area contributed by atoms with Gasteiger partial charge in [0.05, 0.1) is 19.1 Å². The van der Waals surface area contributed by atoms with E-state index in [0.29, 0.717) is 13.0 Å². The fourth-order valence-electron chi connectivity index (χ4n) is 1.24. The molecule has 0 amide bonds. The summed E-state index contributed by atoms with van der Waals surface area (Å²) in [5.74, 6) is -0.173. The molecule has 0 rings (SSSR count). The standard InChI is InChI=1S/C11H23NO3/c1-4-10(13)6-7-12-9(3)8-11(14)15-5-2/h9-10,12-13H,4-8H2,1-3H3. The Kier molecular flexibility index (Phi) is 8.33. The van der Waals surface area contributed by atoms with Crippen molar-refractivity contribution in [2.24, 2.45) is 0 Å². The van der Waals surface area contributed by atoms with Crippen LogP contribution in [0.4, 0.5) is 0 Å². The minimum absolute atomic E-state index is 0.105. The van der Waals surface area contributed by atoms with Gasteiger partial charge < -0.3 is 15.2 Å². The van der Waals surface area contributed by atoms with Crippen molar-refractivity contribution >= 4 is 5.97 Å². The van der Waals surface area contributed by atoms with Gasteiger partial charge in [-0.25, -0.2) is 0 Å². The summed E-state index contributed by atoms with van der Waals surface area (Å²) in [6, 6.07) is 0.105. The number of aliphatic hydroxyl groups is 1. The van der Waals surface area contributed by atoms with Crippen molar-refractivity contribution in [1.29, 1.82) is 0 Å². The maximum Gasteiger partial charge on any atom is 0.307 e. The normalized spacial score (nSPS) is 14.7. The predicted octanol–water partition coefficient (Wildman–Crippen LogP) is 1.08. The lowest BCUT2D eigenvalue weighted by Gasteiger charge is -2.14. The molecule has 0 saturated heterocycles. The zero-order chi connectivity index (χ0) is 11.7. The second-order valence-corrected chi connectivity index (χ2v) is 3.72. The van der Waals surface area contributed by atoms with Crippen molar-refractivity contribution in [2.75, 3.05) is 13.2 Å². The van der Waals surface area contributed by atoms with E-state index in [2.05, 4.69) is 5.32 Å². The quantitative estimate of drug-likeness (QED) is 0.597. The molecule has 0 heterocycles. The average molecular weight is 217 g/mol. The maximum atomic E-state index is 11.1. The average Bonchev–Trinajstić information content (AvgIpc) is 2.17. The van der Waals surface area contributed by atoms with Crippen molar-refractivity contribution in [2.45, 2.75) is 52.2 Å². The number of rotatable bonds is 8. The summed E-state index contributed by atoms with van der Waals surface area (Å²) in [7, 11) is 0. The molecule has 0 saturated carbocycles. The molecular formula is C11H23NO3. The van der Waals surface area contributed by atoms with Crippen LogP contribution in [0, 0.1) is 0 Å². The first kappa shape index (κ1) is 14.4. The van der Waals surface area contributed by atoms with Gasteiger partial charge in [-0.3, -0.25) is 4.79 Å². The van der Waals surface area contributed by atoms with Crippen molar-refractivity contribution < 1.29 is 14.6 Å². The summed E-state index contributed by atoms with van der Waals surface area (Å²) in [4.78, 5) is 11.1. The van der Waals surface area contributed by atoms with E-state index in [0.717, 1.165) is 19.4 Å². The van der Waals surface area contributed by atoms with Crippen molar-refractivity contribution in [1.82, 2.24) is 5.32 Å². The van der Waals surface area contributed by atoms with E-state index in [1.165, 1.54) is 0 Å². The lowest BCUT2D eigenvalue weighted by molar-refractivity contribution is -0.143. The van der Waals surface area contributed by atoms with E-state index in [9.17, 15) is 9.90 Å². The first-order valence-electron chi connectivity index (χ1n) is 5.67. The monoisotopic (exact) mass is 217 g/mol. The van der Waals surface area contributed by atoms with E-state index in [1.54, 1.807) is 6.92 Å². The summed E-state index contributed by atoms with van der Waals surface area (Å²) >= 11 is 0. The van der Waals surface area contributed by atoms with Crippen LogP contribution in [0.3, 0.4) is 0 Å². The van der Waals surface area contributed by atoms with E-state index < -0.39 is 0 Å². The highest BCUT2D eigenvalue weighted by Crippen LogP contribution is 1.97. The molecule has 0 radical (unpaired) electrons. The molecule has 2 N–H and O–H groups in total. The fraction of sp³-hybridized carbons (Fsp3) is 0.909. The third-order valence-electron chi connectivity index (χ3n) is 2.22. The Morgan fingerprint density at radius 2 is 2.13 bits per heavy atom. The Morgan fingerprint density at radius 3 is 2.67 bits per heavy atom. The lowest BCUT2D eigenvalue weighted by atomic mass is 10.2. The van der Waals surface area contributed by atoms with Gasteiger partial charge in [0.25, 0.3) is 0 Å². The zero-order valence-corrected chi connectivity index (χ0v) is 9.95. The molecule has 0 bridgehead atoms. The second kappa shape index (κ2) is 8.68. The third-order valence-corrected chi connectivity index (χ3v) is 2.22. The third kappa shape index (κ3) is 8.39. The number of esters is 1. The summed E-state index contributed by atoms with van der Waals surface area (Å²) < 4.78 is 4.83. The highest BCUT2D eigenvalue weighted by molar-refractivity contribution is 5.69. The number of carbonyl (C=O) groups is 1. The van der Waals surface area contributed by atoms with Crippen LogP contribution in [0.2, 0.25) is 0 Å². The van der Waals surface area contributed by atoms with E-state index >= 15 is 0 Å². The molecule has 0 aliphatic rings. The predicted molar refractivity (Wildman–Crippen MR) is 59.6 cm³/mol. The van der Waals surface area contributed by atoms with Gasteiger partial charge in [0, 0.05) is 6.04 Å². The molecule has 0 aromatic rings. The number of ether oxygens (including phenoxy) is 1. The molecular weight excluding hydrogens is 194 g/mol. The van der Waals surface area contributed by atoms with E-state index in [1.807, 2.05) is 13.8 Å². The number of hydrogen-bond donors (Lipinski definition) is 2. The highest BCUT2D eigenvalue weighted by Gasteiger charge is 2.09. The minimum Gasteiger partial charge on any atom is -0.466 e. The van der Waals surface area contributed by atoms with Crippen molar-refractivity contribution in [3.63, 3.8) is 0 Å². The molecule has 0 spiro atoms. The molecule has 0 fully saturated rings. The number of aliphatic hydroxyl groups excluding tert-OH is 1. The van der Waals surface area contributed by atoms with Crippen LogP contribution in [0.1, 0.15) is 40.0 Å². The Morgan fingerprint density at radius 1 is 1.47 bits per heavy atom. The summed E-state index contributed by atoms with van der Waals surface area (Å²) in [6.45, 7) is 6.85. The maximum absolute atomic E-state index is 11.1. The van der Waals surface area contributed by atoms with Gasteiger partial charge in [0.15, 0.2) is 0 Å². The van der Waals surface area contributed by atoms with Gasteiger partial charge >= 0.3 is 5.97 Å². The summed E-state index contributed by atoms with van der Waals surface area (Å²) in [5.41, 5.74) is 0. The molecule has 0 aromatic heterocycles. The Balaban J connectivity index is 3.48. The van der Waals surface area contributed by atoms with Crippen LogP contribution < -0.4 is 5.32 Å². The SMILES string of the molecule is CCOC(=O)CC(C)NCCC(O)CC. The molecule has 0 aliphatic carbocycles. The largest absolute Gasteiger partial charge is 0.466 e. The van der Waals surface area contributed by atoms with Crippen molar-refractivity contribution in [3.05, 3.63) is 0 Å². The van der Waals surface area contributed by atoms with Gasteiger partial charge in [0.2, 0.25) is 0 Å². The molecule has 0 aromatic carbocycles. The highest BCUT2D eigenvalue weighted by atomic mass is 16.5. The van der Waals surface area contributed by atoms with Crippen molar-refractivity contribution in [3.8, 4) is 0 Å². The Hall–Kier alpha value is -0.610. The van der Waals surface area contributed by atoms with Crippen LogP contribution in [-0.4, -0.2) is 36.4 Å². The lowest BCUT2D eigenvalue weighted by Crippen LogP contribution is -2.31. The number of hydrogen-bond acceptors (Lipinski definition) is 4. The number of carbonyl (C=O) groups excluding carboxylic acids is 1. The first-order valence-corrected chi connectivity index (χ1v) is 5.67. The molecule has 4 nitrogen and oxygen atoms in total. The Labute approximate surface area is 92.0 Å². The van der Waals surface area contributed by atoms with Gasteiger partial charge in [-0.1, -0.05) is 6.92 Å². The second-order valence-electron chi connectivity index (χ2n) is 3.72. The molecule has 2 atom stereocenters. The fourth-order valence-corrected chi connectivity index (χ4v) is 1.24. The summed E-state index contributed by atoms with van der Waals surface area (Å²) in [6.07, 6.45) is 1.64. The van der Waals surface area contributed by atoms with Crippen LogP contribution >= 0.6 is 0 Å². The van der Waals surface area contributed by atoms with Crippen LogP contribution in [-0.2, 0) is 9.53 Å². The first-order chi connectivity index (χ1) is 7.10. The van der Waals surface area contributed by atoms with Gasteiger partial charge in [-0.2, -0.15) is 0 Å². The smallest absolute Gasteiger partial charge is 0.307 e. The summed E-state index contributed by atoms with van der Waals surface area (Å²) in [5, 5.41) is 12.5. The molecule has 4 heteroatoms. The molecule has 90 valence electrons. The molecule has 2 unspecified atom stereocenters. The van der Waals surface area contributed by atoms with Gasteiger partial charge in [0.1, 0.15) is 0 Å². The number of nitrogens with one attached hydrogen (secondary N) is 1. The van der Waals surface area contributed by atoms with E-state index in [4.69, 9.17) is 4.74 Å². The zero-order valence-electron chi connectivity index (χ0n) is 9.95. The van der Waals surface area contributed by atoms with Crippen LogP contribution in [0.15, 0.2) is 0 Å². The van der Waals surface area contributed by atoms with Gasteiger partial charge in [-0.15, -0.1) is 0 Å². The van der Waals surface area contributed by atoms with Crippen LogP contribution in [0.25, 0.3) is 0 Å².